The van der Waals surface area contributed by atoms with E-state index < -0.39 is 59.7 Å². The van der Waals surface area contributed by atoms with Crippen molar-refractivity contribution in [2.75, 3.05) is 13.7 Å². The summed E-state index contributed by atoms with van der Waals surface area (Å²) in [5, 5.41) is 32.4. The van der Waals surface area contributed by atoms with Gasteiger partial charge in [-0.25, -0.2) is 0 Å². The standard InChI is InChI=1S/C26H25NO9/c1-34-15-4-2-3-10-18(15)24(33)20-19(21(10)30)22(31)12-6-9(14(29)8-28)5-11(17(12)23(20)32)16-7-13(27)25-26(35-16)36-25/h2-4,9,11,13,16,25-26,28,31-32H,5-8,27H2,1H3/t9?,11-,13?,16?,25?,26?/m1/s1. The largest absolute Gasteiger partial charge is 0.507 e. The average molecular weight is 495 g/mol. The van der Waals surface area contributed by atoms with Crippen molar-refractivity contribution >= 4 is 17.3 Å². The highest BCUT2D eigenvalue weighted by molar-refractivity contribution is 6.31. The number of methoxy groups -OCH3 is 1. The van der Waals surface area contributed by atoms with Crippen molar-refractivity contribution in [1.29, 1.82) is 0 Å². The molecule has 2 aromatic carbocycles. The molecular formula is C26H25NO9. The van der Waals surface area contributed by atoms with E-state index in [1.165, 1.54) is 13.2 Å². The van der Waals surface area contributed by atoms with Crippen LogP contribution in [0, 0.1) is 5.92 Å². The number of nitrogens with two attached hydrogens (primary N) is 1. The molecule has 36 heavy (non-hydrogen) atoms. The molecule has 5 unspecified atom stereocenters. The number of ketones is 3. The van der Waals surface area contributed by atoms with Crippen LogP contribution in [0.25, 0.3) is 0 Å². The Morgan fingerprint density at radius 2 is 1.83 bits per heavy atom. The molecule has 6 atom stereocenters. The van der Waals surface area contributed by atoms with Crippen LogP contribution in [0.5, 0.6) is 17.2 Å². The molecule has 10 nitrogen and oxygen atoms in total. The smallest absolute Gasteiger partial charge is 0.202 e. The van der Waals surface area contributed by atoms with Gasteiger partial charge in [-0.1, -0.05) is 12.1 Å². The molecule has 0 saturated carbocycles. The van der Waals surface area contributed by atoms with Gasteiger partial charge in [0.2, 0.25) is 5.78 Å². The Morgan fingerprint density at radius 3 is 2.53 bits per heavy atom. The number of phenolic OH excluding ortho intramolecular Hbond substituents is 2. The lowest BCUT2D eigenvalue weighted by atomic mass is 9.68. The Balaban J connectivity index is 1.55. The number of carbonyl (C=O) groups excluding carboxylic acids is 3. The maximum absolute atomic E-state index is 13.6. The highest BCUT2D eigenvalue weighted by atomic mass is 16.8. The van der Waals surface area contributed by atoms with Gasteiger partial charge in [0.25, 0.3) is 0 Å². The molecule has 188 valence electrons. The second-order valence-electron chi connectivity index (χ2n) is 9.79. The highest BCUT2D eigenvalue weighted by Gasteiger charge is 2.54. The molecule has 0 spiro atoms. The van der Waals surface area contributed by atoms with Crippen LogP contribution in [0.4, 0.5) is 0 Å². The number of ether oxygens (including phenoxy) is 3. The van der Waals surface area contributed by atoms with Crippen LogP contribution >= 0.6 is 0 Å². The van der Waals surface area contributed by atoms with E-state index >= 15 is 0 Å². The Kier molecular flexibility index (Phi) is 5.20. The molecule has 2 aliphatic carbocycles. The van der Waals surface area contributed by atoms with Gasteiger partial charge in [0.15, 0.2) is 17.9 Å². The minimum absolute atomic E-state index is 0.00827. The number of aromatic hydroxyl groups is 2. The van der Waals surface area contributed by atoms with Crippen molar-refractivity contribution in [3.63, 3.8) is 0 Å². The van der Waals surface area contributed by atoms with Gasteiger partial charge in [0, 0.05) is 34.6 Å². The Bertz CT molecular complexity index is 1340. The molecular weight excluding hydrogens is 470 g/mol. The maximum atomic E-state index is 13.6. The van der Waals surface area contributed by atoms with Crippen LogP contribution in [-0.4, -0.2) is 70.9 Å². The molecule has 2 fully saturated rings. The van der Waals surface area contributed by atoms with Crippen LogP contribution in [-0.2, 0) is 20.7 Å². The van der Waals surface area contributed by atoms with E-state index in [1.807, 2.05) is 0 Å². The summed E-state index contributed by atoms with van der Waals surface area (Å²) in [7, 11) is 1.37. The highest BCUT2D eigenvalue weighted by Crippen LogP contribution is 2.53. The lowest BCUT2D eigenvalue weighted by Crippen LogP contribution is -2.43. The topological polar surface area (TPSA) is 169 Å². The minimum Gasteiger partial charge on any atom is -0.507 e. The summed E-state index contributed by atoms with van der Waals surface area (Å²) in [5.74, 6) is -3.73. The Hall–Kier alpha value is -3.31. The predicted molar refractivity (Wildman–Crippen MR) is 122 cm³/mol. The first-order valence-electron chi connectivity index (χ1n) is 11.8. The van der Waals surface area contributed by atoms with E-state index in [2.05, 4.69) is 0 Å². The molecule has 2 heterocycles. The van der Waals surface area contributed by atoms with Crippen LogP contribution in [0.15, 0.2) is 18.2 Å². The van der Waals surface area contributed by atoms with Gasteiger partial charge in [-0.2, -0.15) is 0 Å². The van der Waals surface area contributed by atoms with Gasteiger partial charge in [-0.3, -0.25) is 14.4 Å². The normalized spacial score (nSPS) is 30.1. The van der Waals surface area contributed by atoms with Gasteiger partial charge in [-0.05, 0) is 25.3 Å². The Morgan fingerprint density at radius 1 is 1.08 bits per heavy atom. The van der Waals surface area contributed by atoms with E-state index in [0.717, 1.165) is 0 Å². The fourth-order valence-corrected chi connectivity index (χ4v) is 6.10. The number of carbonyl (C=O) groups is 3. The first kappa shape index (κ1) is 23.1. The first-order valence-corrected chi connectivity index (χ1v) is 11.8. The fraction of sp³-hybridized carbons (Fsp3) is 0.423. The van der Waals surface area contributed by atoms with Crippen molar-refractivity contribution < 1.29 is 43.9 Å². The number of aliphatic hydroxyl groups excluding tert-OH is 1. The summed E-state index contributed by atoms with van der Waals surface area (Å²) < 4.78 is 16.8. The first-order chi connectivity index (χ1) is 17.3. The summed E-state index contributed by atoms with van der Waals surface area (Å²) >= 11 is 0. The molecule has 6 rings (SSSR count). The summed E-state index contributed by atoms with van der Waals surface area (Å²) in [6, 6.07) is 4.24. The van der Waals surface area contributed by atoms with E-state index in [1.54, 1.807) is 12.1 Å². The summed E-state index contributed by atoms with van der Waals surface area (Å²) in [6.07, 6.45) is -0.722. The Labute approximate surface area is 205 Å². The van der Waals surface area contributed by atoms with E-state index in [-0.39, 0.29) is 64.1 Å². The van der Waals surface area contributed by atoms with Gasteiger partial charge in [0.1, 0.15) is 30.0 Å². The number of phenols is 2. The second-order valence-corrected chi connectivity index (χ2v) is 9.79. The van der Waals surface area contributed by atoms with Gasteiger partial charge < -0.3 is 35.3 Å². The third kappa shape index (κ3) is 3.15. The average Bonchev–Trinajstić information content (AvgIpc) is 3.68. The molecule has 5 N–H and O–H groups in total. The molecule has 2 aliphatic heterocycles. The van der Waals surface area contributed by atoms with Crippen LogP contribution in [0.1, 0.15) is 61.7 Å². The van der Waals surface area contributed by atoms with E-state index in [9.17, 15) is 29.7 Å². The lowest BCUT2D eigenvalue weighted by Gasteiger charge is -2.39. The van der Waals surface area contributed by atoms with Crippen molar-refractivity contribution in [3.05, 3.63) is 51.6 Å². The number of rotatable bonds is 4. The summed E-state index contributed by atoms with van der Waals surface area (Å²) in [4.78, 5) is 39.7. The quantitative estimate of drug-likeness (QED) is 0.302. The third-order valence-electron chi connectivity index (χ3n) is 7.90. The van der Waals surface area contributed by atoms with Gasteiger partial charge >= 0.3 is 0 Å². The number of hydrogen-bond acceptors (Lipinski definition) is 10. The van der Waals surface area contributed by atoms with Crippen LogP contribution in [0.2, 0.25) is 0 Å². The zero-order valence-corrected chi connectivity index (χ0v) is 19.4. The predicted octanol–water partition coefficient (Wildman–Crippen LogP) is 0.930. The molecule has 0 amide bonds. The number of hydrogen-bond donors (Lipinski definition) is 4. The number of aliphatic hydroxyl groups is 1. The molecule has 0 aromatic heterocycles. The van der Waals surface area contributed by atoms with Gasteiger partial charge in [-0.15, -0.1) is 0 Å². The monoisotopic (exact) mass is 495 g/mol. The van der Waals surface area contributed by atoms with E-state index in [4.69, 9.17) is 19.9 Å². The lowest BCUT2D eigenvalue weighted by molar-refractivity contribution is -0.126. The second kappa shape index (κ2) is 8.10. The molecule has 2 aromatic rings. The number of fused-ring (bicyclic) bond motifs is 4. The SMILES string of the molecule is COc1cccc2c1C(=O)c1c(O)c3c(c(O)c1C2=O)CC(C(=O)CO)C[C@@H]3C1CC(N)C2OC2O1. The fourth-order valence-electron chi connectivity index (χ4n) is 6.10. The van der Waals surface area contributed by atoms with Crippen molar-refractivity contribution in [1.82, 2.24) is 0 Å². The van der Waals surface area contributed by atoms with Gasteiger partial charge in [0.05, 0.1) is 29.9 Å². The molecule has 10 heteroatoms. The third-order valence-corrected chi connectivity index (χ3v) is 7.90. The number of benzene rings is 2. The number of Topliss-reactive ketones (excluding diaryl/α,β-unsaturated/α-hetero) is 1. The van der Waals surface area contributed by atoms with Crippen molar-refractivity contribution in [2.45, 2.75) is 49.7 Å². The van der Waals surface area contributed by atoms with Crippen molar-refractivity contribution in [3.8, 4) is 17.2 Å². The molecule has 0 radical (unpaired) electrons. The maximum Gasteiger partial charge on any atom is 0.202 e. The summed E-state index contributed by atoms with van der Waals surface area (Å²) in [6.45, 7) is -0.687. The summed E-state index contributed by atoms with van der Waals surface area (Å²) in [5.41, 5.74) is 6.13. The zero-order valence-electron chi connectivity index (χ0n) is 19.4. The minimum atomic E-state index is -0.687. The molecule has 0 bridgehead atoms. The van der Waals surface area contributed by atoms with E-state index in [0.29, 0.717) is 6.42 Å². The number of epoxide rings is 1. The molecule has 4 aliphatic rings. The van der Waals surface area contributed by atoms with Crippen molar-refractivity contribution in [2.24, 2.45) is 11.7 Å². The molecule has 2 saturated heterocycles. The van der Waals surface area contributed by atoms with Crippen LogP contribution < -0.4 is 10.5 Å². The zero-order chi connectivity index (χ0) is 25.5. The van der Waals surface area contributed by atoms with Crippen LogP contribution in [0.3, 0.4) is 0 Å².